The molecule has 0 amide bonds. The number of pyridine rings is 1. The maximum atomic E-state index is 11.2. The summed E-state index contributed by atoms with van der Waals surface area (Å²) in [7, 11) is 0. The highest BCUT2D eigenvalue weighted by Crippen LogP contribution is 2.46. The van der Waals surface area contributed by atoms with Gasteiger partial charge in [-0.25, -0.2) is 4.98 Å². The Labute approximate surface area is 402 Å². The maximum absolute atomic E-state index is 11.2. The Bertz CT molecular complexity index is 3270. The van der Waals surface area contributed by atoms with Gasteiger partial charge < -0.3 is 9.13 Å². The summed E-state index contributed by atoms with van der Waals surface area (Å²) in [5.74, 6) is 0. The van der Waals surface area contributed by atoms with Crippen LogP contribution in [0, 0.1) is 11.3 Å². The van der Waals surface area contributed by atoms with Crippen LogP contribution in [0.5, 0.6) is 0 Å². The summed E-state index contributed by atoms with van der Waals surface area (Å²) in [6, 6.07) is 60.3. The molecule has 4 nitrogen and oxygen atoms in total. The van der Waals surface area contributed by atoms with Crippen LogP contribution in [0.2, 0.25) is 0 Å². The van der Waals surface area contributed by atoms with Gasteiger partial charge in [0.15, 0.2) is 0 Å². The van der Waals surface area contributed by atoms with E-state index in [0.29, 0.717) is 5.56 Å². The first-order valence-electron chi connectivity index (χ1n) is 24.1. The number of benzene rings is 7. The van der Waals surface area contributed by atoms with E-state index in [2.05, 4.69) is 256 Å². The first kappa shape index (κ1) is 44.6. The van der Waals surface area contributed by atoms with Crippen molar-refractivity contribution in [1.82, 2.24) is 14.1 Å². The van der Waals surface area contributed by atoms with Gasteiger partial charge >= 0.3 is 0 Å². The fraction of sp³-hybridized carbons (Fsp3) is 0.250. The molecule has 68 heavy (non-hydrogen) atoms. The van der Waals surface area contributed by atoms with Crippen molar-refractivity contribution in [3.05, 3.63) is 186 Å². The number of aromatic nitrogens is 3. The van der Waals surface area contributed by atoms with E-state index in [9.17, 15) is 5.26 Å². The zero-order valence-corrected chi connectivity index (χ0v) is 41.8. The van der Waals surface area contributed by atoms with Crippen molar-refractivity contribution < 1.29 is 0 Å². The number of hydrogen-bond donors (Lipinski definition) is 0. The minimum atomic E-state index is -0.0573. The zero-order valence-electron chi connectivity index (χ0n) is 41.8. The summed E-state index contributed by atoms with van der Waals surface area (Å²) in [5, 5.41) is 16.0. The molecule has 338 valence electrons. The molecule has 0 unspecified atom stereocenters. The fourth-order valence-electron chi connectivity index (χ4n) is 9.95. The van der Waals surface area contributed by atoms with E-state index in [-0.39, 0.29) is 21.7 Å². The first-order valence-corrected chi connectivity index (χ1v) is 24.1. The van der Waals surface area contributed by atoms with Crippen LogP contribution in [0.25, 0.3) is 88.6 Å². The maximum Gasteiger partial charge on any atom is 0.0993 e. The van der Waals surface area contributed by atoms with Crippen molar-refractivity contribution in [2.45, 2.75) is 105 Å². The van der Waals surface area contributed by atoms with Crippen molar-refractivity contribution in [2.75, 3.05) is 0 Å². The fourth-order valence-corrected chi connectivity index (χ4v) is 9.95. The van der Waals surface area contributed by atoms with Gasteiger partial charge in [-0.3, -0.25) is 0 Å². The average molecular weight is 887 g/mol. The number of rotatable bonds is 5. The van der Waals surface area contributed by atoms with Gasteiger partial charge in [-0.05, 0) is 122 Å². The molecule has 0 fully saturated rings. The highest BCUT2D eigenvalue weighted by molar-refractivity contribution is 6.13. The molecule has 3 heterocycles. The molecule has 0 radical (unpaired) electrons. The molecule has 4 heteroatoms. The number of hydrogen-bond acceptors (Lipinski definition) is 2. The van der Waals surface area contributed by atoms with E-state index < -0.39 is 0 Å². The number of nitriles is 1. The summed E-state index contributed by atoms with van der Waals surface area (Å²) in [6.07, 6.45) is 0. The minimum absolute atomic E-state index is 0.0573. The molecule has 0 N–H and O–H groups in total. The van der Waals surface area contributed by atoms with Gasteiger partial charge in [-0.15, -0.1) is 0 Å². The first-order chi connectivity index (χ1) is 32.2. The highest BCUT2D eigenvalue weighted by atomic mass is 15.0. The Morgan fingerprint density at radius 1 is 0.368 bits per heavy atom. The second-order valence-corrected chi connectivity index (χ2v) is 23.0. The lowest BCUT2D eigenvalue weighted by atomic mass is 9.85. The molecule has 7 aromatic carbocycles. The lowest BCUT2D eigenvalue weighted by Crippen LogP contribution is -2.11. The monoisotopic (exact) mass is 886 g/mol. The van der Waals surface area contributed by atoms with Gasteiger partial charge in [0.1, 0.15) is 0 Å². The van der Waals surface area contributed by atoms with Crippen LogP contribution >= 0.6 is 0 Å². The smallest absolute Gasteiger partial charge is 0.0993 e. The quantitative estimate of drug-likeness (QED) is 0.173. The van der Waals surface area contributed by atoms with E-state index >= 15 is 0 Å². The van der Waals surface area contributed by atoms with Crippen LogP contribution in [0.3, 0.4) is 0 Å². The molecule has 0 atom stereocenters. The van der Waals surface area contributed by atoms with Crippen molar-refractivity contribution in [3.8, 4) is 51.1 Å². The normalized spacial score (nSPS) is 12.7. The highest BCUT2D eigenvalue weighted by Gasteiger charge is 2.28. The molecule has 10 rings (SSSR count). The Balaban J connectivity index is 1.42. The van der Waals surface area contributed by atoms with E-state index in [1.54, 1.807) is 0 Å². The van der Waals surface area contributed by atoms with Gasteiger partial charge in [0, 0.05) is 38.2 Å². The molecular formula is C64H62N4. The Kier molecular flexibility index (Phi) is 10.5. The van der Waals surface area contributed by atoms with Crippen LogP contribution in [0.4, 0.5) is 0 Å². The third-order valence-corrected chi connectivity index (χ3v) is 14.0. The Morgan fingerprint density at radius 3 is 0.956 bits per heavy atom. The van der Waals surface area contributed by atoms with Crippen molar-refractivity contribution in [2.24, 2.45) is 0 Å². The van der Waals surface area contributed by atoms with Crippen LogP contribution in [-0.2, 0) is 21.7 Å². The van der Waals surface area contributed by atoms with Gasteiger partial charge in [-0.1, -0.05) is 168 Å². The summed E-state index contributed by atoms with van der Waals surface area (Å²) in [6.45, 7) is 27.4. The molecule has 10 aromatic rings. The molecule has 0 aliphatic heterocycles. The summed E-state index contributed by atoms with van der Waals surface area (Å²) in [4.78, 5) is 5.38. The SMILES string of the molecule is CC(C)(C)c1ccc2c(c1)c1cc(C(C)(C)C)ccc1n2-c1cc(C#N)cc(-n2c3ccc(C(C)(C)C)cc3c3cc(C(C)(C)C)ccc32)c1-c1cc(-c2ccccc2)nc(-c2ccccc2)c1. The largest absolute Gasteiger partial charge is 0.308 e. The molecule has 0 saturated heterocycles. The molecule has 0 bridgehead atoms. The molecule has 3 aromatic heterocycles. The van der Waals surface area contributed by atoms with E-state index in [4.69, 9.17) is 4.98 Å². The second kappa shape index (κ2) is 16.0. The molecular weight excluding hydrogens is 825 g/mol. The molecule has 0 aliphatic carbocycles. The predicted octanol–water partition coefficient (Wildman–Crippen LogP) is 17.3. The van der Waals surface area contributed by atoms with Crippen LogP contribution in [0.15, 0.2) is 158 Å². The van der Waals surface area contributed by atoms with E-state index in [0.717, 1.165) is 67.1 Å². The van der Waals surface area contributed by atoms with Gasteiger partial charge in [0.2, 0.25) is 0 Å². The van der Waals surface area contributed by atoms with Crippen molar-refractivity contribution in [1.29, 1.82) is 5.26 Å². The van der Waals surface area contributed by atoms with Gasteiger partial charge in [0.25, 0.3) is 0 Å². The summed E-state index contributed by atoms with van der Waals surface area (Å²) >= 11 is 0. The topological polar surface area (TPSA) is 46.5 Å². The van der Waals surface area contributed by atoms with Crippen molar-refractivity contribution in [3.63, 3.8) is 0 Å². The second-order valence-electron chi connectivity index (χ2n) is 23.0. The predicted molar refractivity (Wildman–Crippen MR) is 289 cm³/mol. The van der Waals surface area contributed by atoms with Gasteiger partial charge in [0.05, 0.1) is 56.5 Å². The van der Waals surface area contributed by atoms with Crippen LogP contribution < -0.4 is 0 Å². The average Bonchev–Trinajstić information content (AvgIpc) is 3.82. The van der Waals surface area contributed by atoms with Crippen LogP contribution in [0.1, 0.15) is 111 Å². The minimum Gasteiger partial charge on any atom is -0.308 e. The Morgan fingerprint density at radius 2 is 0.676 bits per heavy atom. The lowest BCUT2D eigenvalue weighted by Gasteiger charge is -2.23. The zero-order chi connectivity index (χ0) is 48.1. The lowest BCUT2D eigenvalue weighted by molar-refractivity contribution is 0.590. The van der Waals surface area contributed by atoms with Crippen LogP contribution in [-0.4, -0.2) is 14.1 Å². The third-order valence-electron chi connectivity index (χ3n) is 14.0. The third kappa shape index (κ3) is 7.78. The summed E-state index contributed by atoms with van der Waals surface area (Å²) < 4.78 is 4.86. The van der Waals surface area contributed by atoms with Crippen molar-refractivity contribution >= 4 is 43.6 Å². The summed E-state index contributed by atoms with van der Waals surface area (Å²) in [5.41, 5.74) is 17.5. The van der Waals surface area contributed by atoms with Gasteiger partial charge in [-0.2, -0.15) is 5.26 Å². The van der Waals surface area contributed by atoms with E-state index in [1.165, 1.54) is 43.8 Å². The number of fused-ring (bicyclic) bond motifs is 6. The molecule has 0 spiro atoms. The number of nitrogens with zero attached hydrogens (tertiary/aromatic N) is 4. The van der Waals surface area contributed by atoms with E-state index in [1.807, 2.05) is 0 Å². The Hall–Kier alpha value is -7.22. The molecule has 0 aliphatic rings. The molecule has 0 saturated carbocycles. The standard InChI is InChI=1S/C64H62N4/c1-61(2,3)44-23-27-54-48(35-44)49-36-45(62(4,5)6)24-28-55(49)67(54)58-31-40(39-65)32-59(60(58)43-33-52(41-19-15-13-16-20-41)66-53(34-43)42-21-17-14-18-22-42)68-56-29-25-46(63(7,8)9)37-50(56)51-38-47(64(10,11)12)26-30-57(51)68/h13-38H,1-12H3.